The maximum absolute atomic E-state index is 14.3. The highest BCUT2D eigenvalue weighted by Gasteiger charge is 2.34. The van der Waals surface area contributed by atoms with Crippen molar-refractivity contribution >= 4 is 23.5 Å². The van der Waals surface area contributed by atoms with Crippen LogP contribution in [-0.2, 0) is 16.0 Å². The maximum Gasteiger partial charge on any atom is 0.310 e. The molecule has 1 aromatic heterocycles. The van der Waals surface area contributed by atoms with Crippen LogP contribution in [0.25, 0.3) is 11.1 Å². The molecule has 1 aliphatic heterocycles. The zero-order chi connectivity index (χ0) is 27.1. The number of amides is 1. The van der Waals surface area contributed by atoms with Crippen molar-refractivity contribution in [1.82, 2.24) is 25.6 Å². The van der Waals surface area contributed by atoms with Crippen molar-refractivity contribution < 1.29 is 23.8 Å². The van der Waals surface area contributed by atoms with Crippen LogP contribution in [0.4, 0.5) is 4.39 Å². The second-order valence-corrected chi connectivity index (χ2v) is 9.81. The Balaban J connectivity index is 1.53. The van der Waals surface area contributed by atoms with Gasteiger partial charge in [-0.25, -0.2) is 4.39 Å². The number of nitrogens with one attached hydrogen (secondary N) is 2. The molecular weight excluding hydrogens is 513 g/mol. The van der Waals surface area contributed by atoms with Gasteiger partial charge in [0, 0.05) is 35.8 Å². The zero-order valence-corrected chi connectivity index (χ0v) is 21.8. The van der Waals surface area contributed by atoms with Crippen LogP contribution in [0.2, 0.25) is 5.02 Å². The Bertz CT molecular complexity index is 1220. The number of carbonyl (C=O) groups is 2. The van der Waals surface area contributed by atoms with Gasteiger partial charge in [-0.3, -0.25) is 19.6 Å². The van der Waals surface area contributed by atoms with Gasteiger partial charge in [-0.15, -0.1) is 5.10 Å². The summed E-state index contributed by atoms with van der Waals surface area (Å²) in [6.45, 7) is 3.25. The lowest BCUT2D eigenvalue weighted by atomic mass is 9.91. The summed E-state index contributed by atoms with van der Waals surface area (Å²) in [6, 6.07) is 11.3. The summed E-state index contributed by atoms with van der Waals surface area (Å²) < 4.78 is 19.7. The second kappa shape index (κ2) is 12.9. The molecule has 2 heterocycles. The molecule has 11 heteroatoms. The van der Waals surface area contributed by atoms with Crippen molar-refractivity contribution in [2.45, 2.75) is 38.3 Å². The number of aliphatic hydroxyl groups is 1. The minimum absolute atomic E-state index is 0.0236. The van der Waals surface area contributed by atoms with Crippen LogP contribution >= 0.6 is 11.6 Å². The summed E-state index contributed by atoms with van der Waals surface area (Å²) >= 11 is 6.05. The van der Waals surface area contributed by atoms with Crippen LogP contribution in [0.1, 0.15) is 35.8 Å². The molecule has 1 fully saturated rings. The molecule has 1 aliphatic rings. The molecule has 1 saturated heterocycles. The summed E-state index contributed by atoms with van der Waals surface area (Å²) in [4.78, 5) is 27.8. The largest absolute Gasteiger partial charge is 0.466 e. The lowest BCUT2D eigenvalue weighted by Gasteiger charge is -2.41. The molecule has 3 atom stereocenters. The van der Waals surface area contributed by atoms with E-state index in [1.165, 1.54) is 18.3 Å². The van der Waals surface area contributed by atoms with Gasteiger partial charge in [0.25, 0.3) is 5.91 Å². The maximum atomic E-state index is 14.3. The lowest BCUT2D eigenvalue weighted by Crippen LogP contribution is -2.53. The van der Waals surface area contributed by atoms with E-state index < -0.39 is 17.9 Å². The normalized spacial score (nSPS) is 16.9. The Labute approximate surface area is 225 Å². The summed E-state index contributed by atoms with van der Waals surface area (Å²) in [5.74, 6) is -1.61. The minimum atomic E-state index is -0.505. The van der Waals surface area contributed by atoms with E-state index in [1.54, 1.807) is 25.1 Å². The van der Waals surface area contributed by atoms with Gasteiger partial charge >= 0.3 is 5.97 Å². The number of aromatic nitrogens is 3. The van der Waals surface area contributed by atoms with Crippen molar-refractivity contribution in [2.24, 2.45) is 5.92 Å². The van der Waals surface area contributed by atoms with E-state index >= 15 is 0 Å². The predicted octanol–water partition coefficient (Wildman–Crippen LogP) is 3.24. The Morgan fingerprint density at radius 3 is 2.71 bits per heavy atom. The molecule has 0 bridgehead atoms. The van der Waals surface area contributed by atoms with E-state index in [4.69, 9.17) is 16.3 Å². The van der Waals surface area contributed by atoms with Gasteiger partial charge < -0.3 is 15.2 Å². The van der Waals surface area contributed by atoms with E-state index in [2.05, 4.69) is 25.6 Å². The van der Waals surface area contributed by atoms with E-state index in [0.29, 0.717) is 35.5 Å². The van der Waals surface area contributed by atoms with Crippen molar-refractivity contribution in [3.05, 3.63) is 70.8 Å². The molecule has 202 valence electrons. The monoisotopic (exact) mass is 543 g/mol. The highest BCUT2D eigenvalue weighted by Crippen LogP contribution is 2.27. The number of ether oxygens (including phenoxy) is 1. The van der Waals surface area contributed by atoms with Gasteiger partial charge in [0.2, 0.25) is 0 Å². The third-order valence-electron chi connectivity index (χ3n) is 6.79. The SMILES string of the molecule is CCOC(=O)[C@@H](C[C@@H](Cc1ccc(-c2cc(Cl)ccc2F)cc1)NC(=O)c1cnn[nH]1)CN1CCC1CO. The van der Waals surface area contributed by atoms with E-state index in [9.17, 15) is 19.1 Å². The van der Waals surface area contributed by atoms with E-state index in [1.807, 2.05) is 12.1 Å². The van der Waals surface area contributed by atoms with Gasteiger partial charge in [-0.2, -0.15) is 0 Å². The Morgan fingerprint density at radius 1 is 1.29 bits per heavy atom. The Hall–Kier alpha value is -3.34. The predicted molar refractivity (Wildman–Crippen MR) is 140 cm³/mol. The summed E-state index contributed by atoms with van der Waals surface area (Å²) in [5.41, 5.74) is 2.17. The highest BCUT2D eigenvalue weighted by molar-refractivity contribution is 6.30. The quantitative estimate of drug-likeness (QED) is 0.300. The number of halogens is 2. The molecule has 1 amide bonds. The highest BCUT2D eigenvalue weighted by atomic mass is 35.5. The van der Waals surface area contributed by atoms with Crippen LogP contribution in [0.5, 0.6) is 0 Å². The number of hydrogen-bond donors (Lipinski definition) is 3. The topological polar surface area (TPSA) is 120 Å². The molecule has 1 unspecified atom stereocenters. The molecule has 0 spiro atoms. The number of esters is 1. The lowest BCUT2D eigenvalue weighted by molar-refractivity contribution is -0.150. The van der Waals surface area contributed by atoms with Crippen LogP contribution in [-0.4, -0.2) is 75.7 Å². The number of likely N-dealkylation sites (tertiary alicyclic amines) is 1. The molecule has 0 aliphatic carbocycles. The number of aliphatic hydroxyl groups excluding tert-OH is 1. The molecule has 9 nitrogen and oxygen atoms in total. The Kier molecular flexibility index (Phi) is 9.43. The van der Waals surface area contributed by atoms with Crippen LogP contribution < -0.4 is 5.32 Å². The van der Waals surface area contributed by atoms with Crippen LogP contribution in [0, 0.1) is 11.7 Å². The standard InChI is InChI=1S/C27H31ClFN5O4/c1-2-38-27(37)19(15-34-10-9-22(34)16-35)12-21(31-26(36)25-14-30-33-32-25)11-17-3-5-18(6-4-17)23-13-20(28)7-8-24(23)29/h3-8,13-14,19,21-22,35H,2,9-12,15-16H2,1H3,(H,31,36)(H,30,32,33)/t19-,21+,22?/m0/s1. The van der Waals surface area contributed by atoms with Crippen molar-refractivity contribution in [1.29, 1.82) is 0 Å². The molecular formula is C27H31ClFN5O4. The molecule has 0 saturated carbocycles. The van der Waals surface area contributed by atoms with Gasteiger partial charge in [-0.1, -0.05) is 41.1 Å². The van der Waals surface area contributed by atoms with E-state index in [0.717, 1.165) is 18.5 Å². The fourth-order valence-electron chi connectivity index (χ4n) is 4.66. The first-order chi connectivity index (χ1) is 18.4. The zero-order valence-electron chi connectivity index (χ0n) is 21.1. The van der Waals surface area contributed by atoms with Crippen molar-refractivity contribution in [2.75, 3.05) is 26.3 Å². The number of carbonyl (C=O) groups excluding carboxylic acids is 2. The number of hydrogen-bond acceptors (Lipinski definition) is 7. The first-order valence-corrected chi connectivity index (χ1v) is 13.0. The van der Waals surface area contributed by atoms with Gasteiger partial charge in [-0.05, 0) is 55.5 Å². The molecule has 0 radical (unpaired) electrons. The van der Waals surface area contributed by atoms with Crippen molar-refractivity contribution in [3.63, 3.8) is 0 Å². The summed E-state index contributed by atoms with van der Waals surface area (Å²) in [6.07, 6.45) is 2.95. The molecule has 4 rings (SSSR count). The molecule has 3 N–H and O–H groups in total. The fraction of sp³-hybridized carbons (Fsp3) is 0.407. The number of aromatic amines is 1. The number of benzene rings is 2. The number of nitrogens with zero attached hydrogens (tertiary/aromatic N) is 3. The van der Waals surface area contributed by atoms with Gasteiger partial charge in [0.15, 0.2) is 0 Å². The van der Waals surface area contributed by atoms with Gasteiger partial charge in [0.1, 0.15) is 11.5 Å². The number of rotatable bonds is 12. The van der Waals surface area contributed by atoms with Crippen LogP contribution in [0.3, 0.4) is 0 Å². The summed E-state index contributed by atoms with van der Waals surface area (Å²) in [7, 11) is 0. The average molecular weight is 544 g/mol. The second-order valence-electron chi connectivity index (χ2n) is 9.37. The average Bonchev–Trinajstić information content (AvgIpc) is 3.43. The van der Waals surface area contributed by atoms with Crippen molar-refractivity contribution in [3.8, 4) is 11.1 Å². The summed E-state index contributed by atoms with van der Waals surface area (Å²) in [5, 5.41) is 22.8. The molecule has 38 heavy (non-hydrogen) atoms. The minimum Gasteiger partial charge on any atom is -0.466 e. The fourth-order valence-corrected chi connectivity index (χ4v) is 4.83. The first kappa shape index (κ1) is 27.7. The number of H-pyrrole nitrogens is 1. The van der Waals surface area contributed by atoms with Crippen LogP contribution in [0.15, 0.2) is 48.7 Å². The smallest absolute Gasteiger partial charge is 0.310 e. The molecule has 3 aromatic rings. The third-order valence-corrected chi connectivity index (χ3v) is 7.03. The van der Waals surface area contributed by atoms with Gasteiger partial charge in [0.05, 0.1) is 25.3 Å². The third kappa shape index (κ3) is 6.94. The first-order valence-electron chi connectivity index (χ1n) is 12.6. The Morgan fingerprint density at radius 2 is 2.08 bits per heavy atom. The van der Waals surface area contributed by atoms with E-state index in [-0.39, 0.29) is 36.7 Å². The molecule has 2 aromatic carbocycles.